The van der Waals surface area contributed by atoms with Crippen LogP contribution >= 0.6 is 23.1 Å². The third-order valence-electron chi connectivity index (χ3n) is 2.70. The number of carbonyl (C=O) groups is 1. The number of aromatic nitrogens is 3. The first-order chi connectivity index (χ1) is 11.1. The van der Waals surface area contributed by atoms with Gasteiger partial charge in [0.15, 0.2) is 10.3 Å². The van der Waals surface area contributed by atoms with Crippen LogP contribution in [0.15, 0.2) is 41.8 Å². The van der Waals surface area contributed by atoms with E-state index in [0.717, 1.165) is 4.70 Å². The van der Waals surface area contributed by atoms with E-state index < -0.39 is 4.92 Å². The number of fused-ring (bicyclic) bond motifs is 1. The number of carbonyl (C=O) groups excluding carboxylic acids is 1. The van der Waals surface area contributed by atoms with Crippen molar-refractivity contribution < 1.29 is 9.72 Å². The van der Waals surface area contributed by atoms with Crippen LogP contribution in [0.2, 0.25) is 0 Å². The fourth-order valence-electron chi connectivity index (χ4n) is 1.73. The molecule has 3 aromatic rings. The number of hydrogen-bond acceptors (Lipinski definition) is 8. The molecule has 3 rings (SSSR count). The third-order valence-corrected chi connectivity index (χ3v) is 4.53. The van der Waals surface area contributed by atoms with Gasteiger partial charge in [0.1, 0.15) is 0 Å². The molecule has 0 atom stereocenters. The van der Waals surface area contributed by atoms with E-state index in [1.807, 2.05) is 0 Å². The molecule has 0 fully saturated rings. The molecule has 8 nitrogen and oxygen atoms in total. The van der Waals surface area contributed by atoms with Gasteiger partial charge in [-0.2, -0.15) is 0 Å². The summed E-state index contributed by atoms with van der Waals surface area (Å²) < 4.78 is 0.768. The molecule has 2 heterocycles. The summed E-state index contributed by atoms with van der Waals surface area (Å²) in [5.74, 6) is -0.0869. The van der Waals surface area contributed by atoms with E-state index in [1.54, 1.807) is 24.5 Å². The van der Waals surface area contributed by atoms with Crippen LogP contribution in [-0.4, -0.2) is 31.5 Å². The molecule has 1 aromatic carbocycles. The van der Waals surface area contributed by atoms with Crippen LogP contribution in [0.3, 0.4) is 0 Å². The molecule has 2 aromatic heterocycles. The molecule has 116 valence electrons. The maximum Gasteiger partial charge on any atom is 0.271 e. The van der Waals surface area contributed by atoms with Gasteiger partial charge in [-0.3, -0.25) is 14.9 Å². The van der Waals surface area contributed by atoms with Gasteiger partial charge in [0.2, 0.25) is 5.91 Å². The maximum atomic E-state index is 11.9. The second kappa shape index (κ2) is 6.67. The molecular formula is C13H9N5O3S2. The number of amides is 1. The Morgan fingerprint density at radius 3 is 2.87 bits per heavy atom. The minimum absolute atomic E-state index is 0.0301. The predicted octanol–water partition coefficient (Wildman–Crippen LogP) is 2.73. The average Bonchev–Trinajstić information content (AvgIpc) is 2.95. The fourth-order valence-corrected chi connectivity index (χ4v) is 3.19. The Bertz CT molecular complexity index is 868. The number of thiazole rings is 1. The lowest BCUT2D eigenvalue weighted by molar-refractivity contribution is -0.384. The van der Waals surface area contributed by atoms with Crippen LogP contribution in [0.25, 0.3) is 10.2 Å². The van der Waals surface area contributed by atoms with E-state index in [1.165, 1.54) is 35.2 Å². The molecule has 0 bridgehead atoms. The summed E-state index contributed by atoms with van der Waals surface area (Å²) in [4.78, 5) is 34.4. The van der Waals surface area contributed by atoms with Crippen LogP contribution in [-0.2, 0) is 4.79 Å². The Hall–Kier alpha value is -2.59. The number of non-ortho nitro benzene ring substituents is 1. The van der Waals surface area contributed by atoms with Crippen LogP contribution in [0.5, 0.6) is 0 Å². The smallest absolute Gasteiger partial charge is 0.271 e. The van der Waals surface area contributed by atoms with E-state index >= 15 is 0 Å². The summed E-state index contributed by atoms with van der Waals surface area (Å²) in [6.45, 7) is 0. The van der Waals surface area contributed by atoms with Crippen molar-refractivity contribution in [3.63, 3.8) is 0 Å². The Morgan fingerprint density at radius 1 is 1.35 bits per heavy atom. The first kappa shape index (κ1) is 15.3. The highest BCUT2D eigenvalue weighted by molar-refractivity contribution is 7.99. The quantitative estimate of drug-likeness (QED) is 0.327. The van der Waals surface area contributed by atoms with Crippen LogP contribution < -0.4 is 5.32 Å². The zero-order valence-corrected chi connectivity index (χ0v) is 13.1. The van der Waals surface area contributed by atoms with Gasteiger partial charge < -0.3 is 5.32 Å². The van der Waals surface area contributed by atoms with Gasteiger partial charge >= 0.3 is 0 Å². The Balaban J connectivity index is 1.66. The predicted molar refractivity (Wildman–Crippen MR) is 87.7 cm³/mol. The highest BCUT2D eigenvalue weighted by Crippen LogP contribution is 2.28. The van der Waals surface area contributed by atoms with Crippen molar-refractivity contribution in [3.05, 3.63) is 46.8 Å². The summed E-state index contributed by atoms with van der Waals surface area (Å²) >= 11 is 2.48. The van der Waals surface area contributed by atoms with E-state index in [9.17, 15) is 14.9 Å². The zero-order valence-electron chi connectivity index (χ0n) is 11.5. The van der Waals surface area contributed by atoms with E-state index in [0.29, 0.717) is 15.8 Å². The highest BCUT2D eigenvalue weighted by Gasteiger charge is 2.12. The number of benzene rings is 1. The zero-order chi connectivity index (χ0) is 16.2. The van der Waals surface area contributed by atoms with Gasteiger partial charge in [0, 0.05) is 24.5 Å². The topological polar surface area (TPSA) is 111 Å². The highest BCUT2D eigenvalue weighted by atomic mass is 32.2. The largest absolute Gasteiger partial charge is 0.301 e. The Morgan fingerprint density at radius 2 is 2.13 bits per heavy atom. The Kier molecular flexibility index (Phi) is 4.44. The lowest BCUT2D eigenvalue weighted by Gasteiger charge is -2.00. The number of nitro benzene ring substituents is 1. The van der Waals surface area contributed by atoms with Crippen LogP contribution in [0.4, 0.5) is 10.8 Å². The summed E-state index contributed by atoms with van der Waals surface area (Å²) in [5, 5.41) is 14.3. The molecule has 0 aliphatic carbocycles. The van der Waals surface area contributed by atoms with Crippen LogP contribution in [0.1, 0.15) is 0 Å². The number of nitrogens with one attached hydrogen (secondary N) is 1. The molecule has 0 radical (unpaired) electrons. The van der Waals surface area contributed by atoms with E-state index in [-0.39, 0.29) is 17.3 Å². The van der Waals surface area contributed by atoms with Gasteiger partial charge in [-0.05, 0) is 12.1 Å². The molecule has 1 amide bonds. The third kappa shape index (κ3) is 3.79. The van der Waals surface area contributed by atoms with Crippen molar-refractivity contribution in [2.45, 2.75) is 5.16 Å². The molecule has 0 saturated carbocycles. The van der Waals surface area contributed by atoms with Crippen molar-refractivity contribution in [1.82, 2.24) is 15.0 Å². The second-order valence-corrected chi connectivity index (χ2v) is 6.27. The molecule has 0 aliphatic heterocycles. The first-order valence-electron chi connectivity index (χ1n) is 6.36. The van der Waals surface area contributed by atoms with Crippen molar-refractivity contribution in [2.75, 3.05) is 11.1 Å². The number of rotatable bonds is 5. The lowest BCUT2D eigenvalue weighted by Crippen LogP contribution is -2.13. The van der Waals surface area contributed by atoms with Gasteiger partial charge in [-0.1, -0.05) is 23.1 Å². The molecule has 0 spiro atoms. The average molecular weight is 347 g/mol. The molecule has 23 heavy (non-hydrogen) atoms. The number of nitro groups is 1. The minimum atomic E-state index is -0.479. The number of nitrogens with zero attached hydrogens (tertiary/aromatic N) is 4. The van der Waals surface area contributed by atoms with E-state index in [2.05, 4.69) is 20.3 Å². The van der Waals surface area contributed by atoms with Crippen LogP contribution in [0, 0.1) is 10.1 Å². The molecular weight excluding hydrogens is 338 g/mol. The molecule has 0 aliphatic rings. The number of thioether (sulfide) groups is 1. The number of anilines is 1. The fraction of sp³-hybridized carbons (Fsp3) is 0.0769. The standard InChI is InChI=1S/C13H9N5O3S2/c19-11(7-22-12-14-4-1-5-15-12)17-13-16-9-6-8(18(20)21)2-3-10(9)23-13/h1-6H,7H2,(H,16,17,19). The normalized spacial score (nSPS) is 10.6. The van der Waals surface area contributed by atoms with Crippen molar-refractivity contribution >= 4 is 50.0 Å². The molecule has 0 unspecified atom stereocenters. The SMILES string of the molecule is O=C(CSc1ncccn1)Nc1nc2cc([N+](=O)[O-])ccc2s1. The number of hydrogen-bond donors (Lipinski definition) is 1. The summed E-state index contributed by atoms with van der Waals surface area (Å²) in [6.07, 6.45) is 3.21. The van der Waals surface area contributed by atoms with Gasteiger partial charge in [0.25, 0.3) is 5.69 Å². The molecule has 0 saturated heterocycles. The van der Waals surface area contributed by atoms with Gasteiger partial charge in [-0.15, -0.1) is 0 Å². The maximum absolute atomic E-state index is 11.9. The van der Waals surface area contributed by atoms with Crippen molar-refractivity contribution in [2.24, 2.45) is 0 Å². The molecule has 1 N–H and O–H groups in total. The van der Waals surface area contributed by atoms with Gasteiger partial charge in [-0.25, -0.2) is 15.0 Å². The second-order valence-electron chi connectivity index (χ2n) is 4.30. The lowest BCUT2D eigenvalue weighted by atomic mass is 10.3. The van der Waals surface area contributed by atoms with E-state index in [4.69, 9.17) is 0 Å². The first-order valence-corrected chi connectivity index (χ1v) is 8.17. The van der Waals surface area contributed by atoms with Crippen molar-refractivity contribution in [1.29, 1.82) is 0 Å². The monoisotopic (exact) mass is 347 g/mol. The molecule has 10 heteroatoms. The van der Waals surface area contributed by atoms with Crippen molar-refractivity contribution in [3.8, 4) is 0 Å². The summed E-state index contributed by atoms with van der Waals surface area (Å²) in [5.41, 5.74) is 0.455. The summed E-state index contributed by atoms with van der Waals surface area (Å²) in [7, 11) is 0. The summed E-state index contributed by atoms with van der Waals surface area (Å²) in [6, 6.07) is 6.11. The Labute approximate surface area is 138 Å². The van der Waals surface area contributed by atoms with Gasteiger partial charge in [0.05, 0.1) is 20.9 Å². The minimum Gasteiger partial charge on any atom is -0.301 e.